The average molecular weight is 290 g/mol. The van der Waals surface area contributed by atoms with Gasteiger partial charge in [0.2, 0.25) is 0 Å². The molecule has 0 amide bonds. The Hall–Kier alpha value is -1.55. The van der Waals surface area contributed by atoms with E-state index < -0.39 is 0 Å². The van der Waals surface area contributed by atoms with E-state index in [1.165, 1.54) is 30.4 Å². The Balaban J connectivity index is 2.43. The maximum absolute atomic E-state index is 5.92. The molecule has 1 rings (SSSR count). The topological polar surface area (TPSA) is 53.6 Å². The van der Waals surface area contributed by atoms with Crippen LogP contribution >= 0.6 is 0 Å². The molecule has 0 aromatic heterocycles. The van der Waals surface area contributed by atoms with Crippen molar-refractivity contribution in [1.82, 2.24) is 10.2 Å². The number of benzene rings is 1. The number of hydrogen-bond acceptors (Lipinski definition) is 2. The minimum absolute atomic E-state index is 0.547. The summed E-state index contributed by atoms with van der Waals surface area (Å²) in [6.45, 7) is 4.69. The molecule has 0 aliphatic carbocycles. The number of nitrogens with one attached hydrogen (secondary N) is 1. The van der Waals surface area contributed by atoms with Crippen molar-refractivity contribution >= 4 is 5.96 Å². The number of unbranched alkanes of at least 4 members (excludes halogenated alkanes) is 3. The molecule has 3 N–H and O–H groups in total. The Morgan fingerprint density at radius 3 is 2.52 bits per heavy atom. The zero-order valence-corrected chi connectivity index (χ0v) is 13.7. The zero-order valence-electron chi connectivity index (χ0n) is 13.7. The molecule has 21 heavy (non-hydrogen) atoms. The van der Waals surface area contributed by atoms with Crippen LogP contribution in [0.5, 0.6) is 0 Å². The normalized spacial score (nSPS) is 11.9. The SMILES string of the molecule is CCCCCCNC(N)=NCc1ccccc1CN(C)C. The number of nitrogens with zero attached hydrogens (tertiary/aromatic N) is 2. The number of nitrogens with two attached hydrogens (primary N) is 1. The molecule has 118 valence electrons. The Morgan fingerprint density at radius 2 is 1.86 bits per heavy atom. The fraction of sp³-hybridized carbons (Fsp3) is 0.588. The first-order valence-corrected chi connectivity index (χ1v) is 7.88. The van der Waals surface area contributed by atoms with Crippen LogP contribution < -0.4 is 11.1 Å². The van der Waals surface area contributed by atoms with Crippen molar-refractivity contribution in [2.75, 3.05) is 20.6 Å². The van der Waals surface area contributed by atoms with Gasteiger partial charge < -0.3 is 16.0 Å². The Labute approximate surface area is 129 Å². The second-order valence-corrected chi connectivity index (χ2v) is 5.70. The van der Waals surface area contributed by atoms with Gasteiger partial charge in [-0.25, -0.2) is 4.99 Å². The van der Waals surface area contributed by atoms with Crippen molar-refractivity contribution in [3.05, 3.63) is 35.4 Å². The van der Waals surface area contributed by atoms with Crippen molar-refractivity contribution in [2.24, 2.45) is 10.7 Å². The summed E-state index contributed by atoms with van der Waals surface area (Å²) in [4.78, 5) is 6.61. The lowest BCUT2D eigenvalue weighted by Crippen LogP contribution is -2.32. The lowest BCUT2D eigenvalue weighted by atomic mass is 10.1. The van der Waals surface area contributed by atoms with Gasteiger partial charge in [-0.1, -0.05) is 50.5 Å². The summed E-state index contributed by atoms with van der Waals surface area (Å²) in [6.07, 6.45) is 4.95. The zero-order chi connectivity index (χ0) is 15.5. The maximum Gasteiger partial charge on any atom is 0.188 e. The molecule has 0 atom stereocenters. The van der Waals surface area contributed by atoms with Gasteiger partial charge in [-0.05, 0) is 31.6 Å². The molecule has 0 aliphatic heterocycles. The van der Waals surface area contributed by atoms with Crippen LogP contribution in [0.25, 0.3) is 0 Å². The summed E-state index contributed by atoms with van der Waals surface area (Å²) in [5, 5.41) is 3.19. The lowest BCUT2D eigenvalue weighted by Gasteiger charge is -2.13. The van der Waals surface area contributed by atoms with Crippen molar-refractivity contribution in [3.8, 4) is 0 Å². The quantitative estimate of drug-likeness (QED) is 0.418. The van der Waals surface area contributed by atoms with Gasteiger partial charge in [-0.3, -0.25) is 0 Å². The Morgan fingerprint density at radius 1 is 1.14 bits per heavy atom. The van der Waals surface area contributed by atoms with Crippen LogP contribution in [0.2, 0.25) is 0 Å². The average Bonchev–Trinajstić information content (AvgIpc) is 2.45. The van der Waals surface area contributed by atoms with E-state index in [0.717, 1.165) is 19.5 Å². The van der Waals surface area contributed by atoms with E-state index >= 15 is 0 Å². The summed E-state index contributed by atoms with van der Waals surface area (Å²) < 4.78 is 0. The first kappa shape index (κ1) is 17.5. The van der Waals surface area contributed by atoms with Gasteiger partial charge in [0.25, 0.3) is 0 Å². The number of aliphatic imine (C=N–C) groups is 1. The van der Waals surface area contributed by atoms with Crippen LogP contribution in [0, 0.1) is 0 Å². The summed E-state index contributed by atoms with van der Waals surface area (Å²) >= 11 is 0. The van der Waals surface area contributed by atoms with Crippen molar-refractivity contribution < 1.29 is 0 Å². The van der Waals surface area contributed by atoms with Crippen molar-refractivity contribution in [3.63, 3.8) is 0 Å². The van der Waals surface area contributed by atoms with Gasteiger partial charge in [0, 0.05) is 13.1 Å². The van der Waals surface area contributed by atoms with Crippen LogP contribution in [0.4, 0.5) is 0 Å². The first-order valence-electron chi connectivity index (χ1n) is 7.88. The van der Waals surface area contributed by atoms with E-state index in [0.29, 0.717) is 12.5 Å². The summed E-state index contributed by atoms with van der Waals surface area (Å²) in [6, 6.07) is 8.40. The molecule has 0 fully saturated rings. The van der Waals surface area contributed by atoms with Crippen LogP contribution in [-0.2, 0) is 13.1 Å². The third kappa shape index (κ3) is 7.71. The molecule has 1 aromatic carbocycles. The molecule has 0 spiro atoms. The van der Waals surface area contributed by atoms with Gasteiger partial charge >= 0.3 is 0 Å². The fourth-order valence-electron chi connectivity index (χ4n) is 2.20. The van der Waals surface area contributed by atoms with Gasteiger partial charge in [0.05, 0.1) is 6.54 Å². The molecule has 0 heterocycles. The molecule has 0 bridgehead atoms. The molecule has 0 saturated heterocycles. The third-order valence-electron chi connectivity index (χ3n) is 3.36. The third-order valence-corrected chi connectivity index (χ3v) is 3.36. The second kappa shape index (κ2) is 10.2. The van der Waals surface area contributed by atoms with Gasteiger partial charge in [0.15, 0.2) is 5.96 Å². The standard InChI is InChI=1S/C17H30N4/c1-4-5-6-9-12-19-17(18)20-13-15-10-7-8-11-16(15)14-21(2)3/h7-8,10-11H,4-6,9,12-14H2,1-3H3,(H3,18,19,20). The summed E-state index contributed by atoms with van der Waals surface area (Å²) in [5.74, 6) is 0.547. The first-order chi connectivity index (χ1) is 10.1. The van der Waals surface area contributed by atoms with E-state index in [4.69, 9.17) is 5.73 Å². The van der Waals surface area contributed by atoms with E-state index in [9.17, 15) is 0 Å². The van der Waals surface area contributed by atoms with E-state index in [-0.39, 0.29) is 0 Å². The molecule has 0 radical (unpaired) electrons. The van der Waals surface area contributed by atoms with Crippen LogP contribution in [0.1, 0.15) is 43.7 Å². The monoisotopic (exact) mass is 290 g/mol. The highest BCUT2D eigenvalue weighted by Crippen LogP contribution is 2.11. The largest absolute Gasteiger partial charge is 0.370 e. The number of guanidine groups is 1. The highest BCUT2D eigenvalue weighted by Gasteiger charge is 2.02. The van der Waals surface area contributed by atoms with Gasteiger partial charge in [0.1, 0.15) is 0 Å². The molecule has 4 nitrogen and oxygen atoms in total. The molecule has 0 unspecified atom stereocenters. The summed E-state index contributed by atoms with van der Waals surface area (Å²) in [7, 11) is 4.15. The van der Waals surface area contributed by atoms with Crippen molar-refractivity contribution in [2.45, 2.75) is 45.7 Å². The predicted octanol–water partition coefficient (Wildman–Crippen LogP) is 2.73. The fourth-order valence-corrected chi connectivity index (χ4v) is 2.20. The van der Waals surface area contributed by atoms with Crippen LogP contribution in [-0.4, -0.2) is 31.5 Å². The Bertz CT molecular complexity index is 427. The molecule has 4 heteroatoms. The van der Waals surface area contributed by atoms with Gasteiger partial charge in [-0.15, -0.1) is 0 Å². The number of hydrogen-bond donors (Lipinski definition) is 2. The highest BCUT2D eigenvalue weighted by atomic mass is 15.1. The number of rotatable bonds is 9. The highest BCUT2D eigenvalue weighted by molar-refractivity contribution is 5.77. The smallest absolute Gasteiger partial charge is 0.188 e. The Kier molecular flexibility index (Phi) is 8.51. The van der Waals surface area contributed by atoms with Gasteiger partial charge in [-0.2, -0.15) is 0 Å². The second-order valence-electron chi connectivity index (χ2n) is 5.70. The molecule has 0 saturated carbocycles. The van der Waals surface area contributed by atoms with Crippen LogP contribution in [0.15, 0.2) is 29.3 Å². The minimum Gasteiger partial charge on any atom is -0.370 e. The van der Waals surface area contributed by atoms with E-state index in [1.807, 2.05) is 0 Å². The molecule has 0 aliphatic rings. The molecular formula is C17H30N4. The minimum atomic E-state index is 0.547. The maximum atomic E-state index is 5.92. The molecule has 1 aromatic rings. The predicted molar refractivity (Wildman–Crippen MR) is 91.3 cm³/mol. The van der Waals surface area contributed by atoms with Crippen molar-refractivity contribution in [1.29, 1.82) is 0 Å². The van der Waals surface area contributed by atoms with Crippen LogP contribution in [0.3, 0.4) is 0 Å². The van der Waals surface area contributed by atoms with E-state index in [1.54, 1.807) is 0 Å². The lowest BCUT2D eigenvalue weighted by molar-refractivity contribution is 0.401. The molecular weight excluding hydrogens is 260 g/mol. The van der Waals surface area contributed by atoms with E-state index in [2.05, 4.69) is 60.5 Å². The summed E-state index contributed by atoms with van der Waals surface area (Å²) in [5.41, 5.74) is 8.46.